The van der Waals surface area contributed by atoms with Gasteiger partial charge in [-0.1, -0.05) is 25.0 Å². The molecule has 4 nitrogen and oxygen atoms in total. The number of para-hydroxylation sites is 2. The number of anilines is 1. The number of nitrogens with two attached hydrogens (primary N) is 1. The molecule has 0 heterocycles. The van der Waals surface area contributed by atoms with Crippen LogP contribution in [0.3, 0.4) is 0 Å². The highest BCUT2D eigenvalue weighted by Gasteiger charge is 2.03. The van der Waals surface area contributed by atoms with Crippen LogP contribution >= 0.6 is 11.8 Å². The zero-order valence-corrected chi connectivity index (χ0v) is 12.9. The second kappa shape index (κ2) is 10.4. The average Bonchev–Trinajstić information content (AvgIpc) is 2.45. The molecule has 0 aromatic heterocycles. The van der Waals surface area contributed by atoms with E-state index in [1.807, 2.05) is 23.9 Å². The van der Waals surface area contributed by atoms with Crippen LogP contribution in [0.25, 0.3) is 0 Å². The topological polar surface area (TPSA) is 64.3 Å². The predicted octanol–water partition coefficient (Wildman–Crippen LogP) is 2.69. The fourth-order valence-corrected chi connectivity index (χ4v) is 2.25. The lowest BCUT2D eigenvalue weighted by Crippen LogP contribution is -2.29. The zero-order chi connectivity index (χ0) is 14.6. The van der Waals surface area contributed by atoms with E-state index in [-0.39, 0.29) is 12.5 Å². The maximum atomic E-state index is 11.6. The Morgan fingerprint density at radius 2 is 2.00 bits per heavy atom. The molecule has 112 valence electrons. The summed E-state index contributed by atoms with van der Waals surface area (Å²) in [5.74, 6) is 1.68. The number of nitrogen functional groups attached to an aromatic ring is 1. The van der Waals surface area contributed by atoms with Gasteiger partial charge in [-0.3, -0.25) is 4.79 Å². The van der Waals surface area contributed by atoms with Gasteiger partial charge in [0.25, 0.3) is 5.91 Å². The first-order chi connectivity index (χ1) is 9.74. The van der Waals surface area contributed by atoms with Gasteiger partial charge in [-0.05, 0) is 37.0 Å². The van der Waals surface area contributed by atoms with E-state index < -0.39 is 0 Å². The lowest BCUT2D eigenvalue weighted by atomic mass is 10.2. The second-order valence-electron chi connectivity index (χ2n) is 4.58. The van der Waals surface area contributed by atoms with Crippen molar-refractivity contribution in [2.45, 2.75) is 25.7 Å². The molecule has 0 unspecified atom stereocenters. The van der Waals surface area contributed by atoms with E-state index >= 15 is 0 Å². The Labute approximate surface area is 125 Å². The Bertz CT molecular complexity index is 399. The van der Waals surface area contributed by atoms with Crippen molar-refractivity contribution in [2.75, 3.05) is 30.9 Å². The summed E-state index contributed by atoms with van der Waals surface area (Å²) in [6, 6.07) is 7.17. The summed E-state index contributed by atoms with van der Waals surface area (Å²) in [7, 11) is 0. The molecule has 3 N–H and O–H groups in total. The molecule has 0 radical (unpaired) electrons. The van der Waals surface area contributed by atoms with E-state index in [2.05, 4.69) is 11.6 Å². The molecule has 0 saturated heterocycles. The summed E-state index contributed by atoms with van der Waals surface area (Å²) in [5, 5.41) is 2.85. The van der Waals surface area contributed by atoms with Crippen LogP contribution in [-0.2, 0) is 4.79 Å². The van der Waals surface area contributed by atoms with Crippen LogP contribution < -0.4 is 15.8 Å². The average molecular weight is 296 g/mol. The summed E-state index contributed by atoms with van der Waals surface area (Å²) in [5.41, 5.74) is 6.28. The van der Waals surface area contributed by atoms with Crippen LogP contribution in [0.4, 0.5) is 5.69 Å². The monoisotopic (exact) mass is 296 g/mol. The number of carbonyl (C=O) groups is 1. The molecular weight excluding hydrogens is 272 g/mol. The Kier molecular flexibility index (Phi) is 8.71. The molecule has 1 amide bonds. The second-order valence-corrected chi connectivity index (χ2v) is 5.57. The van der Waals surface area contributed by atoms with Gasteiger partial charge in [-0.2, -0.15) is 11.8 Å². The van der Waals surface area contributed by atoms with Gasteiger partial charge < -0.3 is 15.8 Å². The van der Waals surface area contributed by atoms with E-state index in [4.69, 9.17) is 10.5 Å². The number of benzene rings is 1. The van der Waals surface area contributed by atoms with Gasteiger partial charge in [0.1, 0.15) is 5.75 Å². The minimum atomic E-state index is -0.0997. The highest BCUT2D eigenvalue weighted by atomic mass is 32.2. The van der Waals surface area contributed by atoms with Crippen molar-refractivity contribution in [2.24, 2.45) is 0 Å². The summed E-state index contributed by atoms with van der Waals surface area (Å²) < 4.78 is 5.37. The lowest BCUT2D eigenvalue weighted by Gasteiger charge is -2.09. The molecule has 0 aliphatic heterocycles. The number of ether oxygens (including phenoxy) is 1. The summed E-state index contributed by atoms with van der Waals surface area (Å²) in [4.78, 5) is 11.6. The van der Waals surface area contributed by atoms with Gasteiger partial charge in [-0.15, -0.1) is 0 Å². The Morgan fingerprint density at radius 3 is 2.75 bits per heavy atom. The van der Waals surface area contributed by atoms with Gasteiger partial charge in [0, 0.05) is 6.54 Å². The van der Waals surface area contributed by atoms with Gasteiger partial charge in [0.2, 0.25) is 0 Å². The molecule has 0 saturated carbocycles. The quantitative estimate of drug-likeness (QED) is 0.515. The minimum absolute atomic E-state index is 0.0146. The number of hydrogen-bond acceptors (Lipinski definition) is 4. The van der Waals surface area contributed by atoms with Gasteiger partial charge in [0.05, 0.1) is 5.69 Å². The molecular formula is C15H24N2O2S. The largest absolute Gasteiger partial charge is 0.482 e. The predicted molar refractivity (Wildman–Crippen MR) is 86.2 cm³/mol. The van der Waals surface area contributed by atoms with Crippen LogP contribution in [-0.4, -0.2) is 31.1 Å². The molecule has 1 rings (SSSR count). The molecule has 0 aliphatic carbocycles. The Balaban J connectivity index is 2.05. The van der Waals surface area contributed by atoms with Crippen LogP contribution in [0.1, 0.15) is 25.7 Å². The smallest absolute Gasteiger partial charge is 0.257 e. The zero-order valence-electron chi connectivity index (χ0n) is 12.1. The number of carbonyl (C=O) groups excluding carboxylic acids is 1. The summed E-state index contributed by atoms with van der Waals surface area (Å²) in [6.07, 6.45) is 6.79. The molecule has 0 bridgehead atoms. The van der Waals surface area contributed by atoms with Crippen molar-refractivity contribution in [1.82, 2.24) is 5.32 Å². The van der Waals surface area contributed by atoms with Gasteiger partial charge >= 0.3 is 0 Å². The number of hydrogen-bond donors (Lipinski definition) is 2. The van der Waals surface area contributed by atoms with Gasteiger partial charge in [-0.25, -0.2) is 0 Å². The minimum Gasteiger partial charge on any atom is -0.482 e. The SMILES string of the molecule is CSCCCCCCNC(=O)COc1ccccc1N. The molecule has 0 spiro atoms. The molecule has 20 heavy (non-hydrogen) atoms. The van der Waals surface area contributed by atoms with Crippen molar-refractivity contribution >= 4 is 23.4 Å². The van der Waals surface area contributed by atoms with E-state index in [1.165, 1.54) is 18.6 Å². The number of nitrogens with one attached hydrogen (secondary N) is 1. The molecule has 0 aliphatic rings. The first kappa shape index (κ1) is 16.7. The first-order valence-corrected chi connectivity index (χ1v) is 8.36. The Hall–Kier alpha value is -1.36. The lowest BCUT2D eigenvalue weighted by molar-refractivity contribution is -0.123. The number of thioether (sulfide) groups is 1. The van der Waals surface area contributed by atoms with E-state index in [1.54, 1.807) is 12.1 Å². The first-order valence-electron chi connectivity index (χ1n) is 6.97. The maximum Gasteiger partial charge on any atom is 0.257 e. The third kappa shape index (κ3) is 7.28. The number of amides is 1. The highest BCUT2D eigenvalue weighted by Crippen LogP contribution is 2.19. The van der Waals surface area contributed by atoms with Gasteiger partial charge in [0.15, 0.2) is 6.61 Å². The third-order valence-corrected chi connectivity index (χ3v) is 3.57. The maximum absolute atomic E-state index is 11.6. The van der Waals surface area contributed by atoms with E-state index in [0.29, 0.717) is 18.0 Å². The van der Waals surface area contributed by atoms with Crippen molar-refractivity contribution in [3.63, 3.8) is 0 Å². The van der Waals surface area contributed by atoms with E-state index in [0.717, 1.165) is 12.8 Å². The normalized spacial score (nSPS) is 10.2. The molecule has 1 aromatic carbocycles. The third-order valence-electron chi connectivity index (χ3n) is 2.88. The van der Waals surface area contributed by atoms with Crippen LogP contribution in [0.2, 0.25) is 0 Å². The summed E-state index contributed by atoms with van der Waals surface area (Å²) >= 11 is 1.88. The number of rotatable bonds is 10. The van der Waals surface area contributed by atoms with Crippen molar-refractivity contribution < 1.29 is 9.53 Å². The molecule has 5 heteroatoms. The molecule has 0 atom stereocenters. The Morgan fingerprint density at radius 1 is 1.25 bits per heavy atom. The van der Waals surface area contributed by atoms with Crippen molar-refractivity contribution in [3.05, 3.63) is 24.3 Å². The van der Waals surface area contributed by atoms with Crippen LogP contribution in [0.5, 0.6) is 5.75 Å². The van der Waals surface area contributed by atoms with Crippen LogP contribution in [0.15, 0.2) is 24.3 Å². The fraction of sp³-hybridized carbons (Fsp3) is 0.533. The van der Waals surface area contributed by atoms with Crippen LogP contribution in [0, 0.1) is 0 Å². The molecule has 1 aromatic rings. The summed E-state index contributed by atoms with van der Waals surface area (Å²) in [6.45, 7) is 0.729. The number of unbranched alkanes of at least 4 members (excludes halogenated alkanes) is 3. The van der Waals surface area contributed by atoms with Crippen molar-refractivity contribution in [3.8, 4) is 5.75 Å². The van der Waals surface area contributed by atoms with E-state index in [9.17, 15) is 4.79 Å². The van der Waals surface area contributed by atoms with Crippen molar-refractivity contribution in [1.29, 1.82) is 0 Å². The fourth-order valence-electron chi connectivity index (χ4n) is 1.76. The molecule has 0 fully saturated rings. The highest BCUT2D eigenvalue weighted by molar-refractivity contribution is 7.98. The standard InChI is InChI=1S/C15H24N2O2S/c1-20-11-7-3-2-6-10-17-15(18)12-19-14-9-5-4-8-13(14)16/h4-5,8-9H,2-3,6-7,10-12,16H2,1H3,(H,17,18).